The van der Waals surface area contributed by atoms with E-state index < -0.39 is 31.0 Å². The number of carbonyl (C=O) groups is 2. The van der Waals surface area contributed by atoms with Crippen LogP contribution in [0.5, 0.6) is 5.75 Å². The first-order valence-corrected chi connectivity index (χ1v) is 15.2. The highest BCUT2D eigenvalue weighted by Gasteiger charge is 2.37. The van der Waals surface area contributed by atoms with Crippen molar-refractivity contribution in [2.24, 2.45) is 5.92 Å². The number of nitrogens with zero attached hydrogens (tertiary/aromatic N) is 1. The number of hydrogen-bond acceptors (Lipinski definition) is 7. The summed E-state index contributed by atoms with van der Waals surface area (Å²) in [5, 5.41) is 31.1. The Morgan fingerprint density at radius 2 is 1.74 bits per heavy atom. The zero-order valence-corrected chi connectivity index (χ0v) is 24.7. The first kappa shape index (κ1) is 31.7. The Morgan fingerprint density at radius 3 is 2.48 bits per heavy atom. The van der Waals surface area contributed by atoms with Crippen LogP contribution in [0.2, 0.25) is 0 Å². The molecule has 5 N–H and O–H groups in total. The maximum absolute atomic E-state index is 13.9. The minimum atomic E-state index is -1.34. The summed E-state index contributed by atoms with van der Waals surface area (Å²) in [5.74, 6) is 0.0787. The molecule has 1 fully saturated rings. The van der Waals surface area contributed by atoms with Gasteiger partial charge in [0.05, 0.1) is 24.7 Å². The van der Waals surface area contributed by atoms with Crippen LogP contribution in [0.1, 0.15) is 56.1 Å². The molecule has 228 valence electrons. The predicted octanol–water partition coefficient (Wildman–Crippen LogP) is 2.65. The Labute approximate surface area is 249 Å². The van der Waals surface area contributed by atoms with E-state index in [1.54, 1.807) is 7.05 Å². The van der Waals surface area contributed by atoms with E-state index in [0.29, 0.717) is 13.2 Å². The number of ether oxygens (including phenoxy) is 1. The van der Waals surface area contributed by atoms with E-state index in [1.807, 2.05) is 73.7 Å². The van der Waals surface area contributed by atoms with E-state index in [0.717, 1.165) is 49.0 Å². The third-order valence-corrected chi connectivity index (χ3v) is 8.58. The van der Waals surface area contributed by atoms with Crippen LogP contribution in [0.3, 0.4) is 0 Å². The predicted molar refractivity (Wildman–Crippen MR) is 164 cm³/mol. The van der Waals surface area contributed by atoms with Gasteiger partial charge in [-0.15, -0.1) is 0 Å². The summed E-state index contributed by atoms with van der Waals surface area (Å²) in [6.07, 6.45) is 7.60. The van der Waals surface area contributed by atoms with Crippen LogP contribution < -0.4 is 20.7 Å². The fourth-order valence-corrected chi connectivity index (χ4v) is 6.01. The molecule has 0 spiro atoms. The Bertz CT molecular complexity index is 1170. The first-order valence-electron chi connectivity index (χ1n) is 15.2. The summed E-state index contributed by atoms with van der Waals surface area (Å²) in [5.41, 5.74) is 1.81. The second kappa shape index (κ2) is 15.8. The van der Waals surface area contributed by atoms with E-state index in [9.17, 15) is 19.8 Å². The van der Waals surface area contributed by atoms with Gasteiger partial charge in [0.15, 0.2) is 0 Å². The van der Waals surface area contributed by atoms with Crippen LogP contribution in [-0.2, 0) is 9.59 Å². The summed E-state index contributed by atoms with van der Waals surface area (Å²) in [4.78, 5) is 28.9. The molecule has 1 aliphatic heterocycles. The van der Waals surface area contributed by atoms with Gasteiger partial charge in [0, 0.05) is 31.6 Å². The van der Waals surface area contributed by atoms with Crippen molar-refractivity contribution < 1.29 is 24.5 Å². The summed E-state index contributed by atoms with van der Waals surface area (Å²) in [6, 6.07) is 15.1. The molecule has 9 nitrogen and oxygen atoms in total. The van der Waals surface area contributed by atoms with Gasteiger partial charge < -0.3 is 30.5 Å². The average molecular weight is 579 g/mol. The molecule has 42 heavy (non-hydrogen) atoms. The van der Waals surface area contributed by atoms with E-state index in [-0.39, 0.29) is 30.2 Å². The lowest BCUT2D eigenvalue weighted by molar-refractivity contribution is -0.141. The molecule has 0 saturated heterocycles. The van der Waals surface area contributed by atoms with Crippen LogP contribution in [0.25, 0.3) is 6.08 Å². The summed E-state index contributed by atoms with van der Waals surface area (Å²) >= 11 is 0. The first-order chi connectivity index (χ1) is 20.4. The monoisotopic (exact) mass is 578 g/mol. The van der Waals surface area contributed by atoms with Gasteiger partial charge in [0.2, 0.25) is 11.8 Å². The topological polar surface area (TPSA) is 123 Å². The van der Waals surface area contributed by atoms with Crippen molar-refractivity contribution in [1.82, 2.24) is 20.9 Å². The number of fused-ring (bicyclic) bond motifs is 1. The lowest BCUT2D eigenvalue weighted by Crippen LogP contribution is -2.61. The number of aliphatic hydroxyl groups excluding tert-OH is 2. The van der Waals surface area contributed by atoms with Gasteiger partial charge in [-0.1, -0.05) is 86.9 Å². The largest absolute Gasteiger partial charge is 0.492 e. The van der Waals surface area contributed by atoms with E-state index in [1.165, 1.54) is 4.90 Å². The molecule has 9 heteroatoms. The zero-order valence-electron chi connectivity index (χ0n) is 24.7. The minimum absolute atomic E-state index is 0.149. The van der Waals surface area contributed by atoms with E-state index in [2.05, 4.69) is 16.0 Å². The molecule has 5 atom stereocenters. The Balaban J connectivity index is 1.64. The van der Waals surface area contributed by atoms with E-state index >= 15 is 0 Å². The Kier molecular flexibility index (Phi) is 12.0. The van der Waals surface area contributed by atoms with Gasteiger partial charge in [-0.25, -0.2) is 0 Å². The molecular formula is C33H46N4O5. The number of amides is 2. The summed E-state index contributed by atoms with van der Waals surface area (Å²) in [6.45, 7) is 2.56. The SMILES string of the molecule is CC(c1ccccc1)[C@H]1NC(O)[C@H](CO)N(C)C(=O)[C@H](C2CCCCC2)NCCOc2ccccc2/C=C/CNC1=O. The number of likely N-dealkylation sites (N-methyl/N-ethyl adjacent to an activating group) is 1. The van der Waals surface area contributed by atoms with Crippen molar-refractivity contribution in [2.45, 2.75) is 69.3 Å². The normalized spacial score (nSPS) is 27.1. The highest BCUT2D eigenvalue weighted by atomic mass is 16.5. The standard InChI is InChI=1S/C33H46N4O5/c1-23(24-12-5-3-6-13-24)29-32(40)35-19-11-17-25-14-9-10-18-28(25)42-21-20-34-30(26-15-7-4-8-16-26)33(41)37(2)27(22-38)31(39)36-29/h3,5-6,9-14,17-18,23,26-27,29-31,34,36,38-39H,4,7-8,15-16,19-22H2,1-2H3,(H,35,40)/b17-11+/t23?,27-,29+,30-,31?/m0/s1. The van der Waals surface area contributed by atoms with Crippen LogP contribution >= 0.6 is 0 Å². The second-order valence-corrected chi connectivity index (χ2v) is 11.4. The molecule has 4 rings (SSSR count). The lowest BCUT2D eigenvalue weighted by Gasteiger charge is -2.38. The number of aliphatic hydroxyl groups is 2. The average Bonchev–Trinajstić information content (AvgIpc) is 3.02. The fourth-order valence-electron chi connectivity index (χ4n) is 6.01. The second-order valence-electron chi connectivity index (χ2n) is 11.4. The summed E-state index contributed by atoms with van der Waals surface area (Å²) in [7, 11) is 1.61. The molecule has 0 aromatic heterocycles. The number of hydrogen-bond donors (Lipinski definition) is 5. The van der Waals surface area contributed by atoms with Gasteiger partial charge in [-0.05, 0) is 30.4 Å². The van der Waals surface area contributed by atoms with Crippen molar-refractivity contribution in [3.8, 4) is 5.75 Å². The lowest BCUT2D eigenvalue weighted by atomic mass is 9.83. The fraction of sp³-hybridized carbons (Fsp3) is 0.515. The van der Waals surface area contributed by atoms with Crippen molar-refractivity contribution >= 4 is 17.9 Å². The number of rotatable bonds is 4. The minimum Gasteiger partial charge on any atom is -0.492 e. The molecule has 0 radical (unpaired) electrons. The molecule has 1 saturated carbocycles. The van der Waals surface area contributed by atoms with Gasteiger partial charge >= 0.3 is 0 Å². The molecule has 2 unspecified atom stereocenters. The molecule has 2 aliphatic rings. The molecule has 1 aliphatic carbocycles. The molecule has 2 amide bonds. The van der Waals surface area contributed by atoms with Crippen LogP contribution in [0.15, 0.2) is 60.7 Å². The molecule has 2 aromatic carbocycles. The van der Waals surface area contributed by atoms with Gasteiger partial charge in [0.25, 0.3) is 0 Å². The van der Waals surface area contributed by atoms with Crippen LogP contribution in [-0.4, -0.2) is 84.6 Å². The number of benzene rings is 2. The Hall–Kier alpha value is -3.24. The van der Waals surface area contributed by atoms with Gasteiger partial charge in [-0.3, -0.25) is 14.9 Å². The molecule has 0 bridgehead atoms. The van der Waals surface area contributed by atoms with Crippen molar-refractivity contribution in [2.75, 3.05) is 33.4 Å². The number of carbonyl (C=O) groups excluding carboxylic acids is 2. The van der Waals surface area contributed by atoms with Crippen molar-refractivity contribution in [1.29, 1.82) is 0 Å². The van der Waals surface area contributed by atoms with Gasteiger partial charge in [0.1, 0.15) is 18.6 Å². The third kappa shape index (κ3) is 8.19. The maximum atomic E-state index is 13.9. The molecule has 1 heterocycles. The Morgan fingerprint density at radius 1 is 1.02 bits per heavy atom. The quantitative estimate of drug-likeness (QED) is 0.378. The highest BCUT2D eigenvalue weighted by molar-refractivity contribution is 5.84. The van der Waals surface area contributed by atoms with Crippen LogP contribution in [0, 0.1) is 5.92 Å². The molecular weight excluding hydrogens is 532 g/mol. The van der Waals surface area contributed by atoms with Gasteiger partial charge in [-0.2, -0.15) is 0 Å². The molecule has 2 aromatic rings. The van der Waals surface area contributed by atoms with Crippen LogP contribution in [0.4, 0.5) is 0 Å². The van der Waals surface area contributed by atoms with Crippen molar-refractivity contribution in [3.63, 3.8) is 0 Å². The highest BCUT2D eigenvalue weighted by Crippen LogP contribution is 2.28. The van der Waals surface area contributed by atoms with Crippen molar-refractivity contribution in [3.05, 3.63) is 71.8 Å². The number of nitrogens with one attached hydrogen (secondary N) is 3. The van der Waals surface area contributed by atoms with E-state index in [4.69, 9.17) is 4.74 Å². The zero-order chi connectivity index (χ0) is 29.9. The third-order valence-electron chi connectivity index (χ3n) is 8.58. The summed E-state index contributed by atoms with van der Waals surface area (Å²) < 4.78 is 6.09. The number of para-hydroxylation sites is 1. The smallest absolute Gasteiger partial charge is 0.240 e. The maximum Gasteiger partial charge on any atom is 0.240 e.